The van der Waals surface area contributed by atoms with E-state index in [1.54, 1.807) is 27.1 Å². The molecule has 0 saturated carbocycles. The van der Waals surface area contributed by atoms with Gasteiger partial charge in [-0.25, -0.2) is 13.8 Å². The summed E-state index contributed by atoms with van der Waals surface area (Å²) in [7, 11) is 3.28. The average Bonchev–Trinajstić information content (AvgIpc) is 2.49. The number of hydrogen-bond acceptors (Lipinski definition) is 2. The number of benzene rings is 1. The number of likely N-dealkylation sites (N-methyl/N-ethyl adjacent to an activating group) is 1. The zero-order chi connectivity index (χ0) is 17.4. The van der Waals surface area contributed by atoms with Crippen molar-refractivity contribution in [2.75, 3.05) is 27.2 Å². The fourth-order valence-corrected chi connectivity index (χ4v) is 1.75. The van der Waals surface area contributed by atoms with E-state index in [1.807, 2.05) is 0 Å². The molecule has 1 amide bonds. The van der Waals surface area contributed by atoms with Crippen LogP contribution in [0.2, 0.25) is 0 Å². The number of aliphatic imine (C=N–C) groups is 1. The Morgan fingerprint density at radius 1 is 1.42 bits per heavy atom. The van der Waals surface area contributed by atoms with Crippen molar-refractivity contribution in [3.8, 4) is 0 Å². The van der Waals surface area contributed by atoms with E-state index in [0.29, 0.717) is 18.1 Å². The van der Waals surface area contributed by atoms with Gasteiger partial charge in [-0.15, -0.1) is 30.6 Å². The Kier molecular flexibility index (Phi) is 10.2. The fraction of sp³-hybridized carbons (Fsp3) is 0.375. The Morgan fingerprint density at radius 2 is 2.08 bits per heavy atom. The monoisotopic (exact) mass is 452 g/mol. The van der Waals surface area contributed by atoms with Crippen LogP contribution >= 0.6 is 24.0 Å². The molecule has 0 aliphatic rings. The van der Waals surface area contributed by atoms with Crippen LogP contribution in [0.4, 0.5) is 8.78 Å². The van der Waals surface area contributed by atoms with E-state index < -0.39 is 17.7 Å². The van der Waals surface area contributed by atoms with Crippen LogP contribution in [0.3, 0.4) is 0 Å². The van der Waals surface area contributed by atoms with Crippen LogP contribution in [0.15, 0.2) is 35.8 Å². The molecule has 8 heteroatoms. The highest BCUT2D eigenvalue weighted by Gasteiger charge is 2.13. The van der Waals surface area contributed by atoms with Crippen LogP contribution in [0.5, 0.6) is 0 Å². The summed E-state index contributed by atoms with van der Waals surface area (Å²) >= 11 is 0. The highest BCUT2D eigenvalue weighted by atomic mass is 127. The van der Waals surface area contributed by atoms with Gasteiger partial charge in [0.1, 0.15) is 18.2 Å². The maximum Gasteiger partial charge on any atom is 0.243 e. The number of rotatable bonds is 6. The highest BCUT2D eigenvalue weighted by molar-refractivity contribution is 14.0. The van der Waals surface area contributed by atoms with Crippen LogP contribution in [-0.2, 0) is 4.79 Å². The molecule has 1 unspecified atom stereocenters. The second kappa shape index (κ2) is 11.0. The number of carbonyl (C=O) groups excluding carboxylic acids is 1. The van der Waals surface area contributed by atoms with Gasteiger partial charge in [-0.3, -0.25) is 4.79 Å². The molecule has 1 aromatic rings. The minimum Gasteiger partial charge on any atom is -0.353 e. The summed E-state index contributed by atoms with van der Waals surface area (Å²) in [6.07, 6.45) is 1.63. The number of hydrogen-bond donors (Lipinski definition) is 2. The van der Waals surface area contributed by atoms with Gasteiger partial charge in [0, 0.05) is 32.3 Å². The maximum atomic E-state index is 13.8. The number of halogens is 3. The van der Waals surface area contributed by atoms with Crippen molar-refractivity contribution in [2.24, 2.45) is 4.99 Å². The molecule has 0 fully saturated rings. The fourth-order valence-electron chi connectivity index (χ4n) is 1.75. The predicted molar refractivity (Wildman–Crippen MR) is 103 cm³/mol. The summed E-state index contributed by atoms with van der Waals surface area (Å²) in [5.41, 5.74) is 0.304. The summed E-state index contributed by atoms with van der Waals surface area (Å²) in [4.78, 5) is 17.2. The third-order valence-electron chi connectivity index (χ3n) is 3.07. The quantitative estimate of drug-likeness (QED) is 0.302. The van der Waals surface area contributed by atoms with Crippen molar-refractivity contribution < 1.29 is 13.6 Å². The molecule has 0 aliphatic heterocycles. The third-order valence-corrected chi connectivity index (χ3v) is 3.07. The van der Waals surface area contributed by atoms with E-state index in [1.165, 1.54) is 17.0 Å². The van der Waals surface area contributed by atoms with Crippen LogP contribution in [-0.4, -0.2) is 44.0 Å². The lowest BCUT2D eigenvalue weighted by Gasteiger charge is -2.19. The lowest BCUT2D eigenvalue weighted by molar-refractivity contribution is -0.127. The van der Waals surface area contributed by atoms with Gasteiger partial charge in [-0.2, -0.15) is 0 Å². The zero-order valence-corrected chi connectivity index (χ0v) is 16.3. The van der Waals surface area contributed by atoms with Gasteiger partial charge in [0.05, 0.1) is 6.04 Å². The van der Waals surface area contributed by atoms with Crippen LogP contribution in [0, 0.1) is 11.6 Å². The van der Waals surface area contributed by atoms with Crippen LogP contribution < -0.4 is 10.6 Å². The summed E-state index contributed by atoms with van der Waals surface area (Å²) in [6.45, 7) is 5.70. The first kappa shape index (κ1) is 22.3. The van der Waals surface area contributed by atoms with Crippen molar-refractivity contribution in [3.63, 3.8) is 0 Å². The molecule has 0 radical (unpaired) electrons. The molecule has 24 heavy (non-hydrogen) atoms. The molecular weight excluding hydrogens is 429 g/mol. The SMILES string of the molecule is C=CCNC(=NCC(=O)N(C)C)NC(C)c1ccc(F)cc1F.I. The maximum absolute atomic E-state index is 13.8. The lowest BCUT2D eigenvalue weighted by Crippen LogP contribution is -2.40. The van der Waals surface area contributed by atoms with Crippen molar-refractivity contribution in [2.45, 2.75) is 13.0 Å². The number of nitrogens with one attached hydrogen (secondary N) is 2. The molecular formula is C16H23F2IN4O. The lowest BCUT2D eigenvalue weighted by atomic mass is 10.1. The van der Waals surface area contributed by atoms with Crippen molar-refractivity contribution >= 4 is 35.8 Å². The first-order valence-electron chi connectivity index (χ1n) is 7.16. The van der Waals surface area contributed by atoms with Crippen LogP contribution in [0.25, 0.3) is 0 Å². The zero-order valence-electron chi connectivity index (χ0n) is 14.0. The van der Waals surface area contributed by atoms with E-state index in [0.717, 1.165) is 6.07 Å². The Bertz CT molecular complexity index is 593. The van der Waals surface area contributed by atoms with E-state index in [9.17, 15) is 13.6 Å². The van der Waals surface area contributed by atoms with Gasteiger partial charge in [0.15, 0.2) is 5.96 Å². The molecule has 0 aromatic heterocycles. The molecule has 1 aromatic carbocycles. The predicted octanol–water partition coefficient (Wildman–Crippen LogP) is 2.45. The minimum absolute atomic E-state index is 0. The van der Waals surface area contributed by atoms with Gasteiger partial charge >= 0.3 is 0 Å². The Labute approximate surface area is 158 Å². The molecule has 0 saturated heterocycles. The second-order valence-electron chi connectivity index (χ2n) is 5.15. The first-order valence-corrected chi connectivity index (χ1v) is 7.16. The minimum atomic E-state index is -0.641. The largest absolute Gasteiger partial charge is 0.353 e. The standard InChI is InChI=1S/C16H22F2N4O.HI/c1-5-8-19-16(20-10-15(23)22(3)4)21-11(2)13-7-6-12(17)9-14(13)18;/h5-7,9,11H,1,8,10H2,2-4H3,(H2,19,20,21);1H. The highest BCUT2D eigenvalue weighted by Crippen LogP contribution is 2.17. The van der Waals surface area contributed by atoms with Gasteiger partial charge in [-0.05, 0) is 13.0 Å². The number of carbonyl (C=O) groups is 1. The van der Waals surface area contributed by atoms with Crippen molar-refractivity contribution in [1.82, 2.24) is 15.5 Å². The summed E-state index contributed by atoms with van der Waals surface area (Å²) in [5.74, 6) is -1.09. The van der Waals surface area contributed by atoms with E-state index in [-0.39, 0.29) is 36.4 Å². The Balaban J connectivity index is 0.00000529. The van der Waals surface area contributed by atoms with Crippen LogP contribution in [0.1, 0.15) is 18.5 Å². The topological polar surface area (TPSA) is 56.7 Å². The molecule has 0 bridgehead atoms. The molecule has 134 valence electrons. The normalized spacial score (nSPS) is 12.0. The summed E-state index contributed by atoms with van der Waals surface area (Å²) in [6, 6.07) is 2.94. The molecule has 1 atom stereocenters. The van der Waals surface area contributed by atoms with Gasteiger partial charge < -0.3 is 15.5 Å². The van der Waals surface area contributed by atoms with Crippen molar-refractivity contribution in [1.29, 1.82) is 0 Å². The number of amides is 1. The number of nitrogens with zero attached hydrogens (tertiary/aromatic N) is 2. The van der Waals surface area contributed by atoms with E-state index in [2.05, 4.69) is 22.2 Å². The third kappa shape index (κ3) is 7.24. The molecule has 0 spiro atoms. The molecule has 2 N–H and O–H groups in total. The van der Waals surface area contributed by atoms with E-state index >= 15 is 0 Å². The van der Waals surface area contributed by atoms with Gasteiger partial charge in [0.25, 0.3) is 0 Å². The Hall–Kier alpha value is -1.71. The first-order chi connectivity index (χ1) is 10.8. The molecule has 5 nitrogen and oxygen atoms in total. The van der Waals surface area contributed by atoms with Crippen molar-refractivity contribution in [3.05, 3.63) is 48.1 Å². The molecule has 0 aliphatic carbocycles. The van der Waals surface area contributed by atoms with E-state index in [4.69, 9.17) is 0 Å². The summed E-state index contributed by atoms with van der Waals surface area (Å²) < 4.78 is 26.8. The Morgan fingerprint density at radius 3 is 2.62 bits per heavy atom. The van der Waals surface area contributed by atoms with Gasteiger partial charge in [-0.1, -0.05) is 12.1 Å². The average molecular weight is 452 g/mol. The molecule has 1 rings (SSSR count). The molecule has 0 heterocycles. The number of guanidine groups is 1. The smallest absolute Gasteiger partial charge is 0.243 e. The summed E-state index contributed by atoms with van der Waals surface area (Å²) in [5, 5.41) is 5.93. The van der Waals surface area contributed by atoms with Gasteiger partial charge in [0.2, 0.25) is 5.91 Å². The second-order valence-corrected chi connectivity index (χ2v) is 5.15.